The fraction of sp³-hybridized carbons (Fsp3) is 0.167. The molecule has 0 radical (unpaired) electrons. The Hall–Kier alpha value is -1.89. The molecule has 19 heavy (non-hydrogen) atoms. The Morgan fingerprint density at radius 1 is 1.16 bits per heavy atom. The average Bonchev–Trinajstić information content (AvgIpc) is 2.86. The van der Waals surface area contributed by atoms with Gasteiger partial charge in [0.25, 0.3) is 0 Å². The van der Waals surface area contributed by atoms with Crippen LogP contribution in [0.2, 0.25) is 0 Å². The summed E-state index contributed by atoms with van der Waals surface area (Å²) in [6.45, 7) is 1.96. The predicted octanol–water partition coefficient (Wildman–Crippen LogP) is 3.79. The molecule has 3 nitrogen and oxygen atoms in total. The first-order valence-electron chi connectivity index (χ1n) is 5.44. The smallest absolute Gasteiger partial charge is 0.217 e. The molecule has 0 aliphatic heterocycles. The summed E-state index contributed by atoms with van der Waals surface area (Å²) in [5.41, 5.74) is 2.59. The second-order valence-corrected chi connectivity index (χ2v) is 5.08. The minimum atomic E-state index is -4.42. The summed E-state index contributed by atoms with van der Waals surface area (Å²) in [6.07, 6.45) is -2.92. The lowest BCUT2D eigenvalue weighted by molar-refractivity contribution is -0.138. The Labute approximate surface area is 110 Å². The number of aryl methyl sites for hydroxylation is 1. The van der Waals surface area contributed by atoms with Gasteiger partial charge in [-0.05, 0) is 6.92 Å². The molecule has 1 aromatic carbocycles. The summed E-state index contributed by atoms with van der Waals surface area (Å²) in [5, 5.41) is 2.61. The largest absolute Gasteiger partial charge is 0.445 e. The molecule has 0 spiro atoms. The SMILES string of the molecule is Cc1ccc(-c2cn3nc(C(F)(F)F)sc3n2)cc1. The van der Waals surface area contributed by atoms with Gasteiger partial charge in [-0.2, -0.15) is 13.2 Å². The Kier molecular flexibility index (Phi) is 2.60. The number of fused-ring (bicyclic) bond motifs is 1. The van der Waals surface area contributed by atoms with E-state index in [4.69, 9.17) is 0 Å². The van der Waals surface area contributed by atoms with E-state index in [1.54, 1.807) is 0 Å². The number of nitrogens with zero attached hydrogens (tertiary/aromatic N) is 3. The van der Waals surface area contributed by atoms with E-state index in [0.717, 1.165) is 11.1 Å². The Bertz CT molecular complexity index is 693. The molecule has 0 aliphatic carbocycles. The first kappa shape index (κ1) is 12.2. The maximum absolute atomic E-state index is 12.5. The Morgan fingerprint density at radius 2 is 1.84 bits per heavy atom. The van der Waals surface area contributed by atoms with E-state index in [9.17, 15) is 13.2 Å². The number of halogens is 3. The topological polar surface area (TPSA) is 30.2 Å². The summed E-state index contributed by atoms with van der Waals surface area (Å²) < 4.78 is 38.6. The van der Waals surface area contributed by atoms with Crippen molar-refractivity contribution < 1.29 is 13.2 Å². The van der Waals surface area contributed by atoms with Gasteiger partial charge in [0.1, 0.15) is 0 Å². The lowest BCUT2D eigenvalue weighted by Crippen LogP contribution is -2.04. The van der Waals surface area contributed by atoms with Crippen molar-refractivity contribution in [3.8, 4) is 11.3 Å². The molecular weight excluding hydrogens is 275 g/mol. The molecule has 0 N–H and O–H groups in total. The van der Waals surface area contributed by atoms with Gasteiger partial charge in [-0.3, -0.25) is 0 Å². The van der Waals surface area contributed by atoms with E-state index in [1.807, 2.05) is 31.2 Å². The molecule has 7 heteroatoms. The highest BCUT2D eigenvalue weighted by molar-refractivity contribution is 7.16. The highest BCUT2D eigenvalue weighted by Crippen LogP contribution is 2.33. The van der Waals surface area contributed by atoms with E-state index in [1.165, 1.54) is 10.7 Å². The lowest BCUT2D eigenvalue weighted by atomic mass is 10.1. The molecule has 0 amide bonds. The predicted molar refractivity (Wildman–Crippen MR) is 66.0 cm³/mol. The van der Waals surface area contributed by atoms with Crippen molar-refractivity contribution in [1.82, 2.24) is 14.6 Å². The maximum atomic E-state index is 12.5. The summed E-state index contributed by atoms with van der Waals surface area (Å²) in [7, 11) is 0. The number of imidazole rings is 1. The third kappa shape index (κ3) is 2.21. The van der Waals surface area contributed by atoms with Crippen LogP contribution in [-0.4, -0.2) is 14.6 Å². The molecule has 3 rings (SSSR count). The number of hydrogen-bond donors (Lipinski definition) is 0. The summed E-state index contributed by atoms with van der Waals surface area (Å²) >= 11 is 0.539. The van der Waals surface area contributed by atoms with Crippen LogP contribution in [0, 0.1) is 6.92 Å². The molecule has 0 atom stereocenters. The van der Waals surface area contributed by atoms with Crippen molar-refractivity contribution in [2.24, 2.45) is 0 Å². The zero-order valence-corrected chi connectivity index (χ0v) is 10.6. The van der Waals surface area contributed by atoms with Crippen molar-refractivity contribution in [1.29, 1.82) is 0 Å². The summed E-state index contributed by atoms with van der Waals surface area (Å²) in [5.74, 6) is 0. The number of benzene rings is 1. The molecule has 0 unspecified atom stereocenters. The van der Waals surface area contributed by atoms with Crippen LogP contribution in [0.4, 0.5) is 13.2 Å². The number of alkyl halides is 3. The van der Waals surface area contributed by atoms with Gasteiger partial charge in [0.05, 0.1) is 11.9 Å². The van der Waals surface area contributed by atoms with E-state index in [2.05, 4.69) is 10.1 Å². The molecule has 0 fully saturated rings. The van der Waals surface area contributed by atoms with Gasteiger partial charge in [-0.25, -0.2) is 9.50 Å². The van der Waals surface area contributed by atoms with Crippen LogP contribution in [-0.2, 0) is 6.18 Å². The Balaban J connectivity index is 2.03. The van der Waals surface area contributed by atoms with Gasteiger partial charge in [0, 0.05) is 5.56 Å². The van der Waals surface area contributed by atoms with E-state index in [-0.39, 0.29) is 4.96 Å². The zero-order valence-electron chi connectivity index (χ0n) is 9.77. The van der Waals surface area contributed by atoms with Crippen LogP contribution >= 0.6 is 11.3 Å². The quantitative estimate of drug-likeness (QED) is 0.680. The third-order valence-electron chi connectivity index (χ3n) is 2.63. The fourth-order valence-corrected chi connectivity index (χ4v) is 2.43. The van der Waals surface area contributed by atoms with E-state index in [0.29, 0.717) is 17.0 Å². The number of aromatic nitrogens is 3. The second-order valence-electron chi connectivity index (χ2n) is 4.12. The zero-order chi connectivity index (χ0) is 13.6. The number of rotatable bonds is 1. The minimum absolute atomic E-state index is 0.239. The van der Waals surface area contributed by atoms with Gasteiger partial charge < -0.3 is 0 Å². The van der Waals surface area contributed by atoms with Gasteiger partial charge >= 0.3 is 6.18 Å². The third-order valence-corrected chi connectivity index (χ3v) is 3.60. The summed E-state index contributed by atoms with van der Waals surface area (Å²) in [6, 6.07) is 7.62. The van der Waals surface area contributed by atoms with E-state index < -0.39 is 11.2 Å². The molecule has 0 bridgehead atoms. The minimum Gasteiger partial charge on any atom is -0.217 e. The maximum Gasteiger partial charge on any atom is 0.445 e. The van der Waals surface area contributed by atoms with Crippen LogP contribution in [0.5, 0.6) is 0 Å². The molecule has 0 saturated heterocycles. The van der Waals surface area contributed by atoms with Gasteiger partial charge in [-0.15, -0.1) is 5.10 Å². The first-order valence-corrected chi connectivity index (χ1v) is 6.25. The first-order chi connectivity index (χ1) is 8.93. The van der Waals surface area contributed by atoms with Crippen molar-refractivity contribution in [3.05, 3.63) is 41.0 Å². The van der Waals surface area contributed by atoms with Gasteiger partial charge in [0.2, 0.25) is 9.97 Å². The molecule has 0 aliphatic rings. The van der Waals surface area contributed by atoms with Crippen molar-refractivity contribution in [2.75, 3.05) is 0 Å². The van der Waals surface area contributed by atoms with Crippen molar-refractivity contribution in [3.63, 3.8) is 0 Å². The molecule has 2 heterocycles. The summed E-state index contributed by atoms with van der Waals surface area (Å²) in [4.78, 5) is 4.40. The highest BCUT2D eigenvalue weighted by Gasteiger charge is 2.35. The molecule has 3 aromatic rings. The molecular formula is C12H8F3N3S. The van der Waals surface area contributed by atoms with Crippen LogP contribution in [0.15, 0.2) is 30.5 Å². The van der Waals surface area contributed by atoms with Crippen molar-refractivity contribution in [2.45, 2.75) is 13.1 Å². The molecule has 0 saturated carbocycles. The molecule has 2 aromatic heterocycles. The average molecular weight is 283 g/mol. The fourth-order valence-electron chi connectivity index (χ4n) is 1.68. The lowest BCUT2D eigenvalue weighted by Gasteiger charge is -1.98. The van der Waals surface area contributed by atoms with Gasteiger partial charge in [0.15, 0.2) is 0 Å². The normalized spacial score (nSPS) is 12.2. The van der Waals surface area contributed by atoms with E-state index >= 15 is 0 Å². The van der Waals surface area contributed by atoms with Gasteiger partial charge in [-0.1, -0.05) is 41.2 Å². The number of hydrogen-bond acceptors (Lipinski definition) is 3. The van der Waals surface area contributed by atoms with Crippen molar-refractivity contribution >= 4 is 16.3 Å². The second kappa shape index (κ2) is 4.06. The highest BCUT2D eigenvalue weighted by atomic mass is 32.1. The van der Waals surface area contributed by atoms with Crippen LogP contribution in [0.25, 0.3) is 16.2 Å². The van der Waals surface area contributed by atoms with Crippen LogP contribution in [0.1, 0.15) is 10.6 Å². The Morgan fingerprint density at radius 3 is 2.42 bits per heavy atom. The van der Waals surface area contributed by atoms with Crippen LogP contribution in [0.3, 0.4) is 0 Å². The monoisotopic (exact) mass is 283 g/mol. The van der Waals surface area contributed by atoms with Crippen LogP contribution < -0.4 is 0 Å². The molecule has 98 valence electrons. The standard InChI is InChI=1S/C12H8F3N3S/c1-7-2-4-8(5-3-7)9-6-18-11(16-9)19-10(17-18)12(13,14)15/h2-6H,1H3.